The summed E-state index contributed by atoms with van der Waals surface area (Å²) >= 11 is 6.23. The molecule has 0 aliphatic heterocycles. The summed E-state index contributed by atoms with van der Waals surface area (Å²) in [6, 6.07) is 3.90. The number of rotatable bonds is 3. The minimum absolute atomic E-state index is 0.0592. The minimum Gasteiger partial charge on any atom is -0.326 e. The van der Waals surface area contributed by atoms with E-state index in [-0.39, 0.29) is 11.8 Å². The molecule has 94 valence electrons. The van der Waals surface area contributed by atoms with Gasteiger partial charge in [-0.15, -0.1) is 0 Å². The highest BCUT2D eigenvalue weighted by molar-refractivity contribution is 6.32. The largest absolute Gasteiger partial charge is 0.326 e. The van der Waals surface area contributed by atoms with Crippen molar-refractivity contribution in [2.45, 2.75) is 46.5 Å². The van der Waals surface area contributed by atoms with Crippen LogP contribution >= 0.6 is 11.6 Å². The number of benzene rings is 1. The van der Waals surface area contributed by atoms with E-state index in [1.807, 2.05) is 12.1 Å². The second-order valence-corrected chi connectivity index (χ2v) is 5.32. The van der Waals surface area contributed by atoms with Crippen LogP contribution in [0.2, 0.25) is 5.02 Å². The van der Waals surface area contributed by atoms with E-state index in [9.17, 15) is 4.79 Å². The number of hydrogen-bond donors (Lipinski definition) is 1. The van der Waals surface area contributed by atoms with Crippen LogP contribution in [0.25, 0.3) is 0 Å². The van der Waals surface area contributed by atoms with E-state index in [4.69, 9.17) is 11.6 Å². The quantitative estimate of drug-likeness (QED) is 0.842. The molecule has 0 radical (unpaired) electrons. The predicted molar refractivity (Wildman–Crippen MR) is 73.9 cm³/mol. The average molecular weight is 254 g/mol. The van der Waals surface area contributed by atoms with E-state index < -0.39 is 0 Å². The van der Waals surface area contributed by atoms with Crippen molar-refractivity contribution in [3.63, 3.8) is 0 Å². The van der Waals surface area contributed by atoms with Gasteiger partial charge in [0.2, 0.25) is 5.91 Å². The number of carbonyl (C=O) groups is 1. The van der Waals surface area contributed by atoms with Gasteiger partial charge in [0.15, 0.2) is 0 Å². The van der Waals surface area contributed by atoms with Crippen molar-refractivity contribution in [1.29, 1.82) is 0 Å². The third-order valence-electron chi connectivity index (χ3n) is 2.72. The van der Waals surface area contributed by atoms with Crippen LogP contribution in [0.3, 0.4) is 0 Å². The van der Waals surface area contributed by atoms with Gasteiger partial charge < -0.3 is 5.32 Å². The van der Waals surface area contributed by atoms with E-state index in [2.05, 4.69) is 33.0 Å². The normalized spacial score (nSPS) is 11.1. The molecule has 0 spiro atoms. The van der Waals surface area contributed by atoms with Gasteiger partial charge in [-0.1, -0.05) is 45.4 Å². The summed E-state index contributed by atoms with van der Waals surface area (Å²) in [5, 5.41) is 3.64. The molecular formula is C14H20ClNO. The average Bonchev–Trinajstić information content (AvgIpc) is 2.15. The Morgan fingerprint density at radius 2 is 1.76 bits per heavy atom. The number of halogens is 1. The molecule has 0 aromatic heterocycles. The number of carbonyl (C=O) groups excluding carboxylic acids is 1. The highest BCUT2D eigenvalue weighted by Crippen LogP contribution is 2.37. The predicted octanol–water partition coefficient (Wildman–Crippen LogP) is 4.55. The highest BCUT2D eigenvalue weighted by Gasteiger charge is 2.17. The monoisotopic (exact) mass is 253 g/mol. The first kappa shape index (κ1) is 14.0. The van der Waals surface area contributed by atoms with Crippen LogP contribution in [0, 0.1) is 0 Å². The summed E-state index contributed by atoms with van der Waals surface area (Å²) in [6.45, 7) is 9.90. The lowest BCUT2D eigenvalue weighted by Gasteiger charge is -2.21. The highest BCUT2D eigenvalue weighted by atomic mass is 35.5. The summed E-state index contributed by atoms with van der Waals surface area (Å²) in [7, 11) is 0. The molecule has 0 aliphatic carbocycles. The van der Waals surface area contributed by atoms with Crippen LogP contribution < -0.4 is 5.32 Å². The maximum Gasteiger partial charge on any atom is 0.221 e. The second kappa shape index (κ2) is 5.54. The molecule has 0 bridgehead atoms. The van der Waals surface area contributed by atoms with Crippen LogP contribution in [-0.4, -0.2) is 5.91 Å². The molecule has 1 amide bonds. The molecule has 0 aliphatic rings. The molecule has 0 saturated heterocycles. The van der Waals surface area contributed by atoms with Gasteiger partial charge in [-0.2, -0.15) is 0 Å². The summed E-state index contributed by atoms with van der Waals surface area (Å²) < 4.78 is 0. The van der Waals surface area contributed by atoms with Crippen LogP contribution in [0.4, 0.5) is 5.69 Å². The van der Waals surface area contributed by atoms with Gasteiger partial charge in [-0.05, 0) is 29.0 Å². The van der Waals surface area contributed by atoms with E-state index in [1.165, 1.54) is 6.92 Å². The van der Waals surface area contributed by atoms with Crippen molar-refractivity contribution in [2.75, 3.05) is 5.32 Å². The lowest BCUT2D eigenvalue weighted by atomic mass is 9.92. The molecule has 0 saturated carbocycles. The third kappa shape index (κ3) is 3.22. The van der Waals surface area contributed by atoms with Crippen molar-refractivity contribution in [1.82, 2.24) is 0 Å². The molecule has 0 atom stereocenters. The summed E-state index contributed by atoms with van der Waals surface area (Å²) in [6.07, 6.45) is 0. The summed E-state index contributed by atoms with van der Waals surface area (Å²) in [5.41, 5.74) is 3.04. The fourth-order valence-corrected chi connectivity index (χ4v) is 2.35. The molecule has 1 rings (SSSR count). The lowest BCUT2D eigenvalue weighted by Crippen LogP contribution is -2.12. The Labute approximate surface area is 108 Å². The molecule has 2 nitrogen and oxygen atoms in total. The van der Waals surface area contributed by atoms with Gasteiger partial charge in [0.05, 0.1) is 0 Å². The molecule has 0 unspecified atom stereocenters. The van der Waals surface area contributed by atoms with Gasteiger partial charge in [0.1, 0.15) is 0 Å². The fourth-order valence-electron chi connectivity index (χ4n) is 1.97. The van der Waals surface area contributed by atoms with Crippen molar-refractivity contribution >= 4 is 23.2 Å². The molecule has 3 heteroatoms. The molecule has 1 N–H and O–H groups in total. The zero-order valence-electron chi connectivity index (χ0n) is 11.1. The Bertz CT molecular complexity index is 424. The third-order valence-corrected chi connectivity index (χ3v) is 3.05. The first-order valence-corrected chi connectivity index (χ1v) is 6.32. The number of hydrogen-bond acceptors (Lipinski definition) is 1. The van der Waals surface area contributed by atoms with Crippen molar-refractivity contribution < 1.29 is 4.79 Å². The van der Waals surface area contributed by atoms with Gasteiger partial charge in [-0.25, -0.2) is 0 Å². The zero-order chi connectivity index (χ0) is 13.2. The smallest absolute Gasteiger partial charge is 0.221 e. The van der Waals surface area contributed by atoms with Crippen LogP contribution in [0.1, 0.15) is 57.6 Å². The standard InChI is InChI=1S/C14H20ClNO/c1-8(2)11-6-7-12(15)13(9(3)4)14(11)16-10(5)17/h6-9H,1-5H3,(H,16,17). The molecule has 17 heavy (non-hydrogen) atoms. The number of nitrogens with one attached hydrogen (secondary N) is 1. The fraction of sp³-hybridized carbons (Fsp3) is 0.500. The molecule has 1 aromatic carbocycles. The van der Waals surface area contributed by atoms with Gasteiger partial charge in [-0.3, -0.25) is 4.79 Å². The van der Waals surface area contributed by atoms with Crippen molar-refractivity contribution in [3.05, 3.63) is 28.3 Å². The van der Waals surface area contributed by atoms with E-state index >= 15 is 0 Å². The van der Waals surface area contributed by atoms with E-state index in [0.717, 1.165) is 16.8 Å². The Morgan fingerprint density at radius 3 is 2.18 bits per heavy atom. The van der Waals surface area contributed by atoms with Crippen molar-refractivity contribution in [3.8, 4) is 0 Å². The first-order chi connectivity index (χ1) is 7.84. The number of amides is 1. The Kier molecular flexibility index (Phi) is 4.58. The SMILES string of the molecule is CC(=O)Nc1c(C(C)C)ccc(Cl)c1C(C)C. The Morgan fingerprint density at radius 1 is 1.18 bits per heavy atom. The second-order valence-electron chi connectivity index (χ2n) is 4.92. The molecule has 0 fully saturated rings. The maximum absolute atomic E-state index is 11.3. The van der Waals surface area contributed by atoms with Gasteiger partial charge >= 0.3 is 0 Å². The number of anilines is 1. The zero-order valence-corrected chi connectivity index (χ0v) is 11.9. The molecule has 0 heterocycles. The molecular weight excluding hydrogens is 234 g/mol. The lowest BCUT2D eigenvalue weighted by molar-refractivity contribution is -0.114. The summed E-state index contributed by atoms with van der Waals surface area (Å²) in [5.74, 6) is 0.575. The Balaban J connectivity index is 3.43. The minimum atomic E-state index is -0.0592. The van der Waals surface area contributed by atoms with Crippen LogP contribution in [-0.2, 0) is 4.79 Å². The van der Waals surface area contributed by atoms with Gasteiger partial charge in [0, 0.05) is 17.6 Å². The van der Waals surface area contributed by atoms with Crippen LogP contribution in [0.5, 0.6) is 0 Å². The van der Waals surface area contributed by atoms with Crippen LogP contribution in [0.15, 0.2) is 12.1 Å². The van der Waals surface area contributed by atoms with Gasteiger partial charge in [0.25, 0.3) is 0 Å². The summed E-state index contributed by atoms with van der Waals surface area (Å²) in [4.78, 5) is 11.3. The topological polar surface area (TPSA) is 29.1 Å². The van der Waals surface area contributed by atoms with E-state index in [1.54, 1.807) is 0 Å². The molecule has 1 aromatic rings. The van der Waals surface area contributed by atoms with Crippen molar-refractivity contribution in [2.24, 2.45) is 0 Å². The first-order valence-electron chi connectivity index (χ1n) is 5.94. The maximum atomic E-state index is 11.3. The van der Waals surface area contributed by atoms with E-state index in [0.29, 0.717) is 10.9 Å². The Hall–Kier alpha value is -1.02.